The minimum atomic E-state index is -4.52. The molecule has 0 radical (unpaired) electrons. The highest BCUT2D eigenvalue weighted by molar-refractivity contribution is 5.65. The number of hydrogen-bond donors (Lipinski definition) is 2. The number of benzene rings is 2. The number of alkyl halides is 3. The van der Waals surface area contributed by atoms with Gasteiger partial charge in [0.2, 0.25) is 0 Å². The maximum atomic E-state index is 13.2. The minimum absolute atomic E-state index is 0.0989. The molecule has 2 aromatic carbocycles. The van der Waals surface area contributed by atoms with E-state index in [1.165, 1.54) is 30.3 Å². The molecular weight excluding hydrogens is 355 g/mol. The second kappa shape index (κ2) is 6.95. The van der Waals surface area contributed by atoms with Crippen LogP contribution in [0.3, 0.4) is 0 Å². The highest BCUT2D eigenvalue weighted by Crippen LogP contribution is 2.35. The minimum Gasteiger partial charge on any atom is -0.340 e. The van der Waals surface area contributed by atoms with E-state index in [4.69, 9.17) is 0 Å². The van der Waals surface area contributed by atoms with E-state index in [9.17, 15) is 22.0 Å². The zero-order chi connectivity index (χ0) is 18.7. The van der Waals surface area contributed by atoms with Crippen LogP contribution in [-0.4, -0.2) is 9.97 Å². The van der Waals surface area contributed by atoms with Crippen LogP contribution in [0.5, 0.6) is 0 Å². The number of nitrogens with one attached hydrogen (secondary N) is 2. The van der Waals surface area contributed by atoms with E-state index in [0.717, 1.165) is 24.5 Å². The SMILES string of the molecule is Fc1ccc(Nc2cc(Nc3ccccc3C(F)(F)F)ncn2)cc1F. The zero-order valence-electron chi connectivity index (χ0n) is 13.0. The van der Waals surface area contributed by atoms with Gasteiger partial charge in [-0.25, -0.2) is 18.7 Å². The summed E-state index contributed by atoms with van der Waals surface area (Å²) in [6.45, 7) is 0. The molecule has 1 heterocycles. The van der Waals surface area contributed by atoms with Crippen LogP contribution in [0.25, 0.3) is 0 Å². The second-order valence-electron chi connectivity index (χ2n) is 5.21. The molecule has 0 aliphatic heterocycles. The van der Waals surface area contributed by atoms with Gasteiger partial charge < -0.3 is 10.6 Å². The molecule has 0 aliphatic carbocycles. The van der Waals surface area contributed by atoms with Gasteiger partial charge >= 0.3 is 6.18 Å². The first-order valence-corrected chi connectivity index (χ1v) is 7.30. The summed E-state index contributed by atoms with van der Waals surface area (Å²) in [6, 6.07) is 9.47. The Morgan fingerprint density at radius 3 is 2.15 bits per heavy atom. The highest BCUT2D eigenvalue weighted by atomic mass is 19.4. The van der Waals surface area contributed by atoms with Crippen LogP contribution >= 0.6 is 0 Å². The third kappa shape index (κ3) is 4.05. The molecule has 0 unspecified atom stereocenters. The molecule has 2 N–H and O–H groups in total. The Labute approximate surface area is 144 Å². The molecule has 0 spiro atoms. The van der Waals surface area contributed by atoms with Crippen LogP contribution in [0.1, 0.15) is 5.56 Å². The van der Waals surface area contributed by atoms with E-state index in [0.29, 0.717) is 0 Å². The molecule has 0 amide bonds. The third-order valence-electron chi connectivity index (χ3n) is 3.35. The maximum absolute atomic E-state index is 13.2. The lowest BCUT2D eigenvalue weighted by Crippen LogP contribution is -2.09. The molecule has 3 aromatic rings. The summed E-state index contributed by atoms with van der Waals surface area (Å²) in [7, 11) is 0. The van der Waals surface area contributed by atoms with Gasteiger partial charge in [-0.3, -0.25) is 0 Å². The quantitative estimate of drug-likeness (QED) is 0.619. The molecular formula is C17H11F5N4. The van der Waals surface area contributed by atoms with Crippen molar-refractivity contribution in [2.75, 3.05) is 10.6 Å². The molecule has 0 bridgehead atoms. The highest BCUT2D eigenvalue weighted by Gasteiger charge is 2.33. The van der Waals surface area contributed by atoms with Crippen LogP contribution in [0.2, 0.25) is 0 Å². The molecule has 4 nitrogen and oxygen atoms in total. The number of para-hydroxylation sites is 1. The van der Waals surface area contributed by atoms with Crippen molar-refractivity contribution in [2.24, 2.45) is 0 Å². The monoisotopic (exact) mass is 366 g/mol. The smallest absolute Gasteiger partial charge is 0.340 e. The summed E-state index contributed by atoms with van der Waals surface area (Å²) in [4.78, 5) is 7.77. The third-order valence-corrected chi connectivity index (χ3v) is 3.35. The summed E-state index contributed by atoms with van der Waals surface area (Å²) in [5, 5.41) is 5.30. The molecule has 26 heavy (non-hydrogen) atoms. The van der Waals surface area contributed by atoms with Gasteiger partial charge in [0.1, 0.15) is 18.0 Å². The Morgan fingerprint density at radius 1 is 0.769 bits per heavy atom. The normalized spacial score (nSPS) is 11.3. The average molecular weight is 366 g/mol. The first kappa shape index (κ1) is 17.6. The Kier molecular flexibility index (Phi) is 4.70. The van der Waals surface area contributed by atoms with Gasteiger partial charge in [-0.1, -0.05) is 12.1 Å². The van der Waals surface area contributed by atoms with Gasteiger partial charge in [0.25, 0.3) is 0 Å². The fraction of sp³-hybridized carbons (Fsp3) is 0.0588. The summed E-state index contributed by atoms with van der Waals surface area (Å²) < 4.78 is 65.3. The van der Waals surface area contributed by atoms with Crippen LogP contribution in [0.15, 0.2) is 54.9 Å². The largest absolute Gasteiger partial charge is 0.418 e. The lowest BCUT2D eigenvalue weighted by atomic mass is 10.1. The van der Waals surface area contributed by atoms with Crippen LogP contribution < -0.4 is 10.6 Å². The van der Waals surface area contributed by atoms with Gasteiger partial charge in [-0.15, -0.1) is 0 Å². The summed E-state index contributed by atoms with van der Waals surface area (Å²) >= 11 is 0. The van der Waals surface area contributed by atoms with Gasteiger partial charge in [-0.05, 0) is 24.3 Å². The summed E-state index contributed by atoms with van der Waals surface area (Å²) in [5.41, 5.74) is -0.782. The fourth-order valence-electron chi connectivity index (χ4n) is 2.19. The molecule has 3 rings (SSSR count). The Bertz CT molecular complexity index is 927. The van der Waals surface area contributed by atoms with E-state index < -0.39 is 23.4 Å². The molecule has 0 aliphatic rings. The van der Waals surface area contributed by atoms with E-state index >= 15 is 0 Å². The van der Waals surface area contributed by atoms with E-state index in [1.54, 1.807) is 0 Å². The standard InChI is InChI=1S/C17H11F5N4/c18-12-6-5-10(7-13(12)19)25-15-8-16(24-9-23-15)26-14-4-2-1-3-11(14)17(20,21)22/h1-9H,(H2,23,24,25,26). The first-order chi connectivity index (χ1) is 12.3. The molecule has 1 aromatic heterocycles. The van der Waals surface area contributed by atoms with Crippen molar-refractivity contribution in [2.45, 2.75) is 6.18 Å². The first-order valence-electron chi connectivity index (χ1n) is 7.30. The molecule has 0 fully saturated rings. The number of anilines is 4. The fourth-order valence-corrected chi connectivity index (χ4v) is 2.19. The van der Waals surface area contributed by atoms with Crippen molar-refractivity contribution in [3.63, 3.8) is 0 Å². The van der Waals surface area contributed by atoms with Crippen molar-refractivity contribution in [1.29, 1.82) is 0 Å². The van der Waals surface area contributed by atoms with Crippen molar-refractivity contribution >= 4 is 23.0 Å². The van der Waals surface area contributed by atoms with Gasteiger partial charge in [0.05, 0.1) is 11.3 Å². The number of hydrogen-bond acceptors (Lipinski definition) is 4. The number of rotatable bonds is 4. The van der Waals surface area contributed by atoms with E-state index in [-0.39, 0.29) is 23.0 Å². The Morgan fingerprint density at radius 2 is 1.46 bits per heavy atom. The molecule has 0 saturated heterocycles. The van der Waals surface area contributed by atoms with Gasteiger partial charge in [-0.2, -0.15) is 13.2 Å². The van der Waals surface area contributed by atoms with Gasteiger partial charge in [0, 0.05) is 17.8 Å². The maximum Gasteiger partial charge on any atom is 0.418 e. The summed E-state index contributed by atoms with van der Waals surface area (Å²) in [6.07, 6.45) is -3.40. The van der Waals surface area contributed by atoms with Crippen LogP contribution in [0, 0.1) is 11.6 Å². The van der Waals surface area contributed by atoms with Crippen LogP contribution in [0.4, 0.5) is 45.0 Å². The predicted octanol–water partition coefficient (Wildman–Crippen LogP) is 5.26. The summed E-state index contributed by atoms with van der Waals surface area (Å²) in [5.74, 6) is -1.74. The molecule has 0 saturated carbocycles. The number of halogens is 5. The van der Waals surface area contributed by atoms with Crippen molar-refractivity contribution in [3.8, 4) is 0 Å². The number of nitrogens with zero attached hydrogens (tertiary/aromatic N) is 2. The van der Waals surface area contributed by atoms with Crippen molar-refractivity contribution in [3.05, 3.63) is 72.1 Å². The van der Waals surface area contributed by atoms with E-state index in [2.05, 4.69) is 20.6 Å². The predicted molar refractivity (Wildman–Crippen MR) is 86.4 cm³/mol. The molecule has 9 heteroatoms. The zero-order valence-corrected chi connectivity index (χ0v) is 13.0. The number of aromatic nitrogens is 2. The van der Waals surface area contributed by atoms with E-state index in [1.807, 2.05) is 0 Å². The lowest BCUT2D eigenvalue weighted by molar-refractivity contribution is -0.136. The molecule has 0 atom stereocenters. The Balaban J connectivity index is 1.83. The second-order valence-corrected chi connectivity index (χ2v) is 5.21. The van der Waals surface area contributed by atoms with Crippen LogP contribution in [-0.2, 0) is 6.18 Å². The van der Waals surface area contributed by atoms with Crippen molar-refractivity contribution in [1.82, 2.24) is 9.97 Å². The average Bonchev–Trinajstić information content (AvgIpc) is 2.58. The topological polar surface area (TPSA) is 49.8 Å². The lowest BCUT2D eigenvalue weighted by Gasteiger charge is -2.14. The molecule has 134 valence electrons. The van der Waals surface area contributed by atoms with Gasteiger partial charge in [0.15, 0.2) is 11.6 Å². The van der Waals surface area contributed by atoms with Crippen molar-refractivity contribution < 1.29 is 22.0 Å². The Hall–Kier alpha value is -3.23.